The highest BCUT2D eigenvalue weighted by molar-refractivity contribution is 5.76. The van der Waals surface area contributed by atoms with E-state index in [1.807, 2.05) is 0 Å². The van der Waals surface area contributed by atoms with Gasteiger partial charge in [-0.1, -0.05) is 0 Å². The van der Waals surface area contributed by atoms with Gasteiger partial charge in [-0.25, -0.2) is 0 Å². The Bertz CT molecular complexity index is 301. The number of hydrogen-bond acceptors (Lipinski definition) is 4. The molecule has 1 aliphatic carbocycles. The zero-order valence-corrected chi connectivity index (χ0v) is 12.3. The summed E-state index contributed by atoms with van der Waals surface area (Å²) in [4.78, 5) is 12.2. The van der Waals surface area contributed by atoms with E-state index in [4.69, 9.17) is 9.47 Å². The normalized spacial score (nSPS) is 25.2. The van der Waals surface area contributed by atoms with Crippen LogP contribution in [0.5, 0.6) is 0 Å². The molecule has 0 bridgehead atoms. The molecule has 0 radical (unpaired) electrons. The van der Waals surface area contributed by atoms with E-state index < -0.39 is 0 Å². The van der Waals surface area contributed by atoms with E-state index >= 15 is 0 Å². The Labute approximate surface area is 116 Å². The second-order valence-electron chi connectivity index (χ2n) is 6.44. The van der Waals surface area contributed by atoms with Gasteiger partial charge in [0.2, 0.25) is 0 Å². The number of carbonyl (C=O) groups is 1. The maximum atomic E-state index is 12.2. The quantitative estimate of drug-likeness (QED) is 0.627. The highest BCUT2D eigenvalue weighted by Crippen LogP contribution is 2.50. The first-order valence-electron chi connectivity index (χ1n) is 7.47. The van der Waals surface area contributed by atoms with Crippen LogP contribution in [0.1, 0.15) is 45.4 Å². The molecule has 4 heteroatoms. The lowest BCUT2D eigenvalue weighted by atomic mass is 9.61. The second-order valence-corrected chi connectivity index (χ2v) is 6.44. The van der Waals surface area contributed by atoms with Crippen LogP contribution in [0.25, 0.3) is 0 Å². The smallest absolute Gasteiger partial charge is 0.311 e. The summed E-state index contributed by atoms with van der Waals surface area (Å²) in [7, 11) is 1.62. The molecule has 1 aliphatic heterocycles. The topological polar surface area (TPSA) is 47.6 Å². The third-order valence-corrected chi connectivity index (χ3v) is 5.09. The molecule has 2 rings (SSSR count). The molecule has 0 unspecified atom stereocenters. The third kappa shape index (κ3) is 3.48. The summed E-state index contributed by atoms with van der Waals surface area (Å²) >= 11 is 0. The minimum atomic E-state index is -0.274. The fourth-order valence-electron chi connectivity index (χ4n) is 3.39. The second kappa shape index (κ2) is 6.23. The lowest BCUT2D eigenvalue weighted by Crippen LogP contribution is -2.43. The van der Waals surface area contributed by atoms with Crippen LogP contribution in [0.3, 0.4) is 0 Å². The Morgan fingerprint density at radius 1 is 1.05 bits per heavy atom. The molecule has 1 saturated heterocycles. The van der Waals surface area contributed by atoms with Crippen LogP contribution in [-0.2, 0) is 14.3 Å². The Morgan fingerprint density at radius 3 is 2.26 bits per heavy atom. The summed E-state index contributed by atoms with van der Waals surface area (Å²) in [5.41, 5.74) is 0.224. The number of hydrogen-bond donors (Lipinski definition) is 1. The summed E-state index contributed by atoms with van der Waals surface area (Å²) < 4.78 is 10.2. The average molecular weight is 269 g/mol. The van der Waals surface area contributed by atoms with Crippen molar-refractivity contribution in [2.24, 2.45) is 10.8 Å². The van der Waals surface area contributed by atoms with E-state index in [2.05, 4.69) is 12.2 Å². The number of carbonyl (C=O) groups excluding carboxylic acids is 1. The van der Waals surface area contributed by atoms with Crippen molar-refractivity contribution in [1.29, 1.82) is 0 Å². The van der Waals surface area contributed by atoms with Gasteiger partial charge in [0, 0.05) is 7.11 Å². The van der Waals surface area contributed by atoms with E-state index in [1.165, 1.54) is 25.7 Å². The number of esters is 1. The van der Waals surface area contributed by atoms with Crippen molar-refractivity contribution in [3.8, 4) is 0 Å². The van der Waals surface area contributed by atoms with Crippen molar-refractivity contribution in [1.82, 2.24) is 5.32 Å². The van der Waals surface area contributed by atoms with Crippen LogP contribution in [0.4, 0.5) is 0 Å². The van der Waals surface area contributed by atoms with Crippen LogP contribution < -0.4 is 5.32 Å². The molecule has 1 heterocycles. The summed E-state index contributed by atoms with van der Waals surface area (Å²) in [6.07, 6.45) is 6.82. The number of nitrogens with one attached hydrogen (secondary N) is 1. The minimum Gasteiger partial charge on any atom is -0.463 e. The lowest BCUT2D eigenvalue weighted by Gasteiger charge is -2.46. The summed E-state index contributed by atoms with van der Waals surface area (Å²) in [6, 6.07) is 0. The van der Waals surface area contributed by atoms with Gasteiger partial charge in [0.15, 0.2) is 0 Å². The zero-order valence-electron chi connectivity index (χ0n) is 12.3. The fourth-order valence-corrected chi connectivity index (χ4v) is 3.39. The first-order valence-corrected chi connectivity index (χ1v) is 7.47. The van der Waals surface area contributed by atoms with Gasteiger partial charge in [0.05, 0.1) is 12.0 Å². The molecule has 0 aromatic heterocycles. The molecule has 2 fully saturated rings. The van der Waals surface area contributed by atoms with E-state index in [1.54, 1.807) is 7.11 Å². The predicted octanol–water partition coefficient (Wildman–Crippen LogP) is 2.13. The SMILES string of the molecule is COCCOC(=O)C1(C)CCC2(CCNCC2)CC1. The maximum Gasteiger partial charge on any atom is 0.311 e. The largest absolute Gasteiger partial charge is 0.463 e. The van der Waals surface area contributed by atoms with Crippen molar-refractivity contribution in [2.75, 3.05) is 33.4 Å². The summed E-state index contributed by atoms with van der Waals surface area (Å²) in [5, 5.41) is 3.43. The van der Waals surface area contributed by atoms with Gasteiger partial charge in [-0.05, 0) is 64.0 Å². The maximum absolute atomic E-state index is 12.2. The van der Waals surface area contributed by atoms with Gasteiger partial charge in [-0.3, -0.25) is 4.79 Å². The van der Waals surface area contributed by atoms with E-state index in [0.717, 1.165) is 25.9 Å². The molecule has 2 aliphatic rings. The van der Waals surface area contributed by atoms with E-state index in [9.17, 15) is 4.79 Å². The molecule has 4 nitrogen and oxygen atoms in total. The number of piperidine rings is 1. The first-order chi connectivity index (χ1) is 9.10. The molecule has 1 saturated carbocycles. The Hall–Kier alpha value is -0.610. The molecule has 0 aromatic rings. The van der Waals surface area contributed by atoms with Crippen LogP contribution in [0, 0.1) is 10.8 Å². The van der Waals surface area contributed by atoms with E-state index in [0.29, 0.717) is 18.6 Å². The van der Waals surface area contributed by atoms with Gasteiger partial charge < -0.3 is 14.8 Å². The number of rotatable bonds is 4. The first kappa shape index (κ1) is 14.8. The van der Waals surface area contributed by atoms with Gasteiger partial charge in [0.1, 0.15) is 6.61 Å². The fraction of sp³-hybridized carbons (Fsp3) is 0.933. The van der Waals surface area contributed by atoms with Crippen LogP contribution in [0.2, 0.25) is 0 Å². The highest BCUT2D eigenvalue weighted by atomic mass is 16.6. The zero-order chi connectivity index (χ0) is 13.8. The molecule has 0 aromatic carbocycles. The van der Waals surface area contributed by atoms with Gasteiger partial charge in [-0.15, -0.1) is 0 Å². The molecule has 110 valence electrons. The molecule has 0 atom stereocenters. The number of ether oxygens (including phenoxy) is 2. The molecular formula is C15H27NO3. The average Bonchev–Trinajstić information content (AvgIpc) is 2.44. The van der Waals surface area contributed by atoms with Crippen LogP contribution in [0.15, 0.2) is 0 Å². The molecule has 19 heavy (non-hydrogen) atoms. The molecular weight excluding hydrogens is 242 g/mol. The Morgan fingerprint density at radius 2 is 1.68 bits per heavy atom. The summed E-state index contributed by atoms with van der Waals surface area (Å²) in [6.45, 7) is 5.19. The van der Waals surface area contributed by atoms with Gasteiger partial charge in [-0.2, -0.15) is 0 Å². The standard InChI is InChI=1S/C15H27NO3/c1-14(13(17)19-12-11-18-2)3-5-15(6-4-14)7-9-16-10-8-15/h16H,3-12H2,1-2H3. The van der Waals surface area contributed by atoms with Crippen molar-refractivity contribution in [3.63, 3.8) is 0 Å². The van der Waals surface area contributed by atoms with Crippen molar-refractivity contribution < 1.29 is 14.3 Å². The molecule has 0 amide bonds. The molecule has 1 N–H and O–H groups in total. The van der Waals surface area contributed by atoms with Gasteiger partial charge >= 0.3 is 5.97 Å². The summed E-state index contributed by atoms with van der Waals surface area (Å²) in [5.74, 6) is -0.0339. The third-order valence-electron chi connectivity index (χ3n) is 5.09. The lowest BCUT2D eigenvalue weighted by molar-refractivity contribution is -0.160. The minimum absolute atomic E-state index is 0.0339. The van der Waals surface area contributed by atoms with Crippen molar-refractivity contribution in [3.05, 3.63) is 0 Å². The van der Waals surface area contributed by atoms with E-state index in [-0.39, 0.29) is 11.4 Å². The van der Waals surface area contributed by atoms with Crippen molar-refractivity contribution >= 4 is 5.97 Å². The monoisotopic (exact) mass is 269 g/mol. The highest BCUT2D eigenvalue weighted by Gasteiger charge is 2.45. The predicted molar refractivity (Wildman–Crippen MR) is 73.9 cm³/mol. The molecule has 1 spiro atoms. The van der Waals surface area contributed by atoms with Crippen LogP contribution >= 0.6 is 0 Å². The van der Waals surface area contributed by atoms with Crippen LogP contribution in [-0.4, -0.2) is 39.4 Å². The van der Waals surface area contributed by atoms with Crippen molar-refractivity contribution in [2.45, 2.75) is 45.4 Å². The Balaban J connectivity index is 1.84. The van der Waals surface area contributed by atoms with Gasteiger partial charge in [0.25, 0.3) is 0 Å². The number of methoxy groups -OCH3 is 1. The Kier molecular flexibility index (Phi) is 4.85.